The maximum atomic E-state index is 14.8. The van der Waals surface area contributed by atoms with Crippen LogP contribution in [0, 0.1) is 11.7 Å². The van der Waals surface area contributed by atoms with E-state index in [0.29, 0.717) is 23.8 Å². The van der Waals surface area contributed by atoms with Gasteiger partial charge in [-0.3, -0.25) is 9.78 Å². The second-order valence-corrected chi connectivity index (χ2v) is 11.8. The highest BCUT2D eigenvalue weighted by molar-refractivity contribution is 6.08. The number of rotatable bonds is 7. The molecule has 2 aromatic heterocycles. The molecule has 0 bridgehead atoms. The van der Waals surface area contributed by atoms with Crippen LogP contribution in [0.1, 0.15) is 63.5 Å². The number of halogens is 1. The summed E-state index contributed by atoms with van der Waals surface area (Å²) in [6.07, 6.45) is 8.34. The summed E-state index contributed by atoms with van der Waals surface area (Å²) in [5, 5.41) is 5.83. The number of nitrogens with two attached hydrogens (primary N) is 1. The fourth-order valence-corrected chi connectivity index (χ4v) is 4.68. The van der Waals surface area contributed by atoms with Crippen LogP contribution in [0.25, 0.3) is 17.3 Å². The van der Waals surface area contributed by atoms with Crippen LogP contribution in [0.15, 0.2) is 54.9 Å². The van der Waals surface area contributed by atoms with Gasteiger partial charge in [-0.15, -0.1) is 0 Å². The Morgan fingerprint density at radius 1 is 1.19 bits per heavy atom. The van der Waals surface area contributed by atoms with Gasteiger partial charge in [0.25, 0.3) is 5.91 Å². The van der Waals surface area contributed by atoms with Crippen LogP contribution in [-0.4, -0.2) is 46.7 Å². The lowest BCUT2D eigenvalue weighted by Crippen LogP contribution is -2.49. The van der Waals surface area contributed by atoms with Crippen molar-refractivity contribution in [2.45, 2.75) is 59.1 Å². The van der Waals surface area contributed by atoms with Gasteiger partial charge in [-0.1, -0.05) is 32.1 Å². The topological polar surface area (TPSA) is 122 Å². The van der Waals surface area contributed by atoms with Gasteiger partial charge in [0.05, 0.1) is 29.0 Å². The van der Waals surface area contributed by atoms with Gasteiger partial charge in [-0.25, -0.2) is 14.2 Å². The Bertz CT molecular complexity index is 1470. The Balaban J connectivity index is 1.54. The van der Waals surface area contributed by atoms with Crippen molar-refractivity contribution in [3.8, 4) is 11.3 Å². The molecule has 0 aliphatic carbocycles. The number of hydrogen-bond acceptors (Lipinski definition) is 7. The first-order valence-corrected chi connectivity index (χ1v) is 14.1. The Morgan fingerprint density at radius 2 is 1.98 bits per heavy atom. The number of carbonyl (C=O) groups is 2. The Labute approximate surface area is 246 Å². The SMILES string of the molecule is CC(C)/C=C\c1ccc(F)c(-c2ccc(N)c(C(=O)Nc3cnccc3N3CCC[C@H](NC(=O)OC(C)(C)C)C3)n2)c1. The minimum atomic E-state index is -0.590. The zero-order chi connectivity index (χ0) is 30.4. The van der Waals surface area contributed by atoms with Gasteiger partial charge in [0.2, 0.25) is 0 Å². The minimum Gasteiger partial charge on any atom is -0.444 e. The summed E-state index contributed by atoms with van der Waals surface area (Å²) in [4.78, 5) is 36.5. The molecule has 1 aromatic carbocycles. The van der Waals surface area contributed by atoms with Crippen LogP contribution in [-0.2, 0) is 4.74 Å². The first kappa shape index (κ1) is 30.5. The second kappa shape index (κ2) is 13.0. The van der Waals surface area contributed by atoms with Gasteiger partial charge in [0.1, 0.15) is 11.4 Å². The molecule has 0 unspecified atom stereocenters. The quantitative estimate of drug-likeness (QED) is 0.304. The van der Waals surface area contributed by atoms with Crippen LogP contribution in [0.3, 0.4) is 0 Å². The summed E-state index contributed by atoms with van der Waals surface area (Å²) < 4.78 is 20.3. The number of alkyl carbamates (subject to hydrolysis) is 1. The van der Waals surface area contributed by atoms with E-state index in [9.17, 15) is 14.0 Å². The van der Waals surface area contributed by atoms with Gasteiger partial charge in [0, 0.05) is 30.9 Å². The fourth-order valence-electron chi connectivity index (χ4n) is 4.68. The lowest BCUT2D eigenvalue weighted by atomic mass is 10.0. The van der Waals surface area contributed by atoms with Gasteiger partial charge in [-0.05, 0) is 75.4 Å². The molecule has 0 spiro atoms. The predicted molar refractivity (Wildman–Crippen MR) is 165 cm³/mol. The standard InChI is InChI=1S/C32H39FN6O3/c1-20(2)8-9-21-10-11-24(33)23(17-21)26-13-12-25(34)29(37-26)30(40)38-27-18-35-15-14-28(27)39-16-6-7-22(19-39)36-31(41)42-32(3,4)5/h8-15,17-18,20,22H,6-7,16,19,34H2,1-5H3,(H,36,41)(H,38,40)/b9-8-/t22-/m0/s1. The van der Waals surface area contributed by atoms with Crippen molar-refractivity contribution in [2.75, 3.05) is 29.0 Å². The van der Waals surface area contributed by atoms with E-state index in [1.165, 1.54) is 6.07 Å². The number of piperidine rings is 1. The predicted octanol–water partition coefficient (Wildman–Crippen LogP) is 6.28. The molecule has 1 saturated heterocycles. The average Bonchev–Trinajstić information content (AvgIpc) is 2.92. The number of nitrogen functional groups attached to an aromatic ring is 1. The van der Waals surface area contributed by atoms with Crippen molar-refractivity contribution in [2.24, 2.45) is 5.92 Å². The summed E-state index contributed by atoms with van der Waals surface area (Å²) >= 11 is 0. The molecular formula is C32H39FN6O3. The Kier molecular flexibility index (Phi) is 9.45. The molecule has 3 heterocycles. The normalized spacial score (nSPS) is 15.6. The smallest absolute Gasteiger partial charge is 0.407 e. The lowest BCUT2D eigenvalue weighted by Gasteiger charge is -2.35. The van der Waals surface area contributed by atoms with E-state index in [-0.39, 0.29) is 23.0 Å². The van der Waals surface area contributed by atoms with E-state index in [4.69, 9.17) is 10.5 Å². The van der Waals surface area contributed by atoms with E-state index < -0.39 is 23.4 Å². The minimum absolute atomic E-state index is 0.0204. The molecule has 4 N–H and O–H groups in total. The molecule has 9 nitrogen and oxygen atoms in total. The maximum absolute atomic E-state index is 14.8. The van der Waals surface area contributed by atoms with E-state index in [2.05, 4.69) is 39.3 Å². The number of carbonyl (C=O) groups excluding carboxylic acids is 2. The van der Waals surface area contributed by atoms with Crippen LogP contribution >= 0.6 is 0 Å². The number of allylic oxidation sites excluding steroid dienone is 1. The number of aromatic nitrogens is 2. The lowest BCUT2D eigenvalue weighted by molar-refractivity contribution is 0.0500. The van der Waals surface area contributed by atoms with Gasteiger partial charge < -0.3 is 26.0 Å². The molecule has 0 radical (unpaired) electrons. The molecule has 4 rings (SSSR count). The van der Waals surface area contributed by atoms with Crippen LogP contribution in [0.2, 0.25) is 0 Å². The number of anilines is 3. The average molecular weight is 575 g/mol. The van der Waals surface area contributed by atoms with Crippen LogP contribution in [0.4, 0.5) is 26.2 Å². The number of ether oxygens (including phenoxy) is 1. The van der Waals surface area contributed by atoms with E-state index >= 15 is 0 Å². The number of pyridine rings is 2. The summed E-state index contributed by atoms with van der Waals surface area (Å²) in [7, 11) is 0. The molecule has 3 aromatic rings. The van der Waals surface area contributed by atoms with Gasteiger partial charge in [0.15, 0.2) is 5.69 Å². The molecule has 10 heteroatoms. The fraction of sp³-hybridized carbons (Fsp3) is 0.375. The first-order chi connectivity index (χ1) is 19.9. The highest BCUT2D eigenvalue weighted by Gasteiger charge is 2.26. The summed E-state index contributed by atoms with van der Waals surface area (Å²) in [5.74, 6) is -0.646. The van der Waals surface area contributed by atoms with Crippen molar-refractivity contribution < 1.29 is 18.7 Å². The zero-order valence-corrected chi connectivity index (χ0v) is 24.8. The first-order valence-electron chi connectivity index (χ1n) is 14.1. The summed E-state index contributed by atoms with van der Waals surface area (Å²) in [5.41, 5.74) is 8.32. The Hall–Kier alpha value is -4.47. The molecule has 1 aliphatic heterocycles. The van der Waals surface area contributed by atoms with E-state index in [1.807, 2.05) is 39.0 Å². The molecule has 1 aliphatic rings. The number of nitrogens with zero attached hydrogens (tertiary/aromatic N) is 3. The van der Waals surface area contributed by atoms with Gasteiger partial charge in [-0.2, -0.15) is 0 Å². The number of hydrogen-bond donors (Lipinski definition) is 3. The molecule has 0 saturated carbocycles. The highest BCUT2D eigenvalue weighted by atomic mass is 19.1. The molecule has 222 valence electrons. The largest absolute Gasteiger partial charge is 0.444 e. The van der Waals surface area contributed by atoms with Crippen molar-refractivity contribution in [1.82, 2.24) is 15.3 Å². The van der Waals surface area contributed by atoms with E-state index in [0.717, 1.165) is 30.6 Å². The second-order valence-electron chi connectivity index (χ2n) is 11.8. The molecular weight excluding hydrogens is 535 g/mol. The maximum Gasteiger partial charge on any atom is 0.407 e. The Morgan fingerprint density at radius 3 is 2.71 bits per heavy atom. The van der Waals surface area contributed by atoms with Crippen molar-refractivity contribution in [3.63, 3.8) is 0 Å². The molecule has 1 atom stereocenters. The molecule has 42 heavy (non-hydrogen) atoms. The summed E-state index contributed by atoms with van der Waals surface area (Å²) in [6, 6.07) is 9.62. The van der Waals surface area contributed by atoms with E-state index in [1.54, 1.807) is 36.7 Å². The molecule has 2 amide bonds. The third-order valence-corrected chi connectivity index (χ3v) is 6.61. The van der Waals surface area contributed by atoms with Crippen molar-refractivity contribution in [3.05, 3.63) is 71.9 Å². The number of nitrogens with one attached hydrogen (secondary N) is 2. The third-order valence-electron chi connectivity index (χ3n) is 6.61. The summed E-state index contributed by atoms with van der Waals surface area (Å²) in [6.45, 7) is 10.8. The third kappa shape index (κ3) is 8.05. The van der Waals surface area contributed by atoms with Crippen LogP contribution in [0.5, 0.6) is 0 Å². The van der Waals surface area contributed by atoms with Crippen molar-refractivity contribution in [1.29, 1.82) is 0 Å². The highest BCUT2D eigenvalue weighted by Crippen LogP contribution is 2.30. The number of amides is 2. The molecule has 1 fully saturated rings. The zero-order valence-electron chi connectivity index (χ0n) is 24.8. The van der Waals surface area contributed by atoms with Crippen LogP contribution < -0.4 is 21.3 Å². The van der Waals surface area contributed by atoms with Gasteiger partial charge >= 0.3 is 6.09 Å². The number of benzene rings is 1. The monoisotopic (exact) mass is 574 g/mol. The van der Waals surface area contributed by atoms with Crippen molar-refractivity contribution >= 4 is 35.1 Å².